The summed E-state index contributed by atoms with van der Waals surface area (Å²) in [4.78, 5) is 15.2. The van der Waals surface area contributed by atoms with Crippen molar-refractivity contribution < 1.29 is 24.1 Å². The minimum atomic E-state index is -0.994. The summed E-state index contributed by atoms with van der Waals surface area (Å²) in [5, 5.41) is 9.21. The quantitative estimate of drug-likeness (QED) is 0.525. The monoisotopic (exact) mass is 469 g/mol. The molecule has 4 aliphatic rings. The van der Waals surface area contributed by atoms with E-state index in [1.165, 1.54) is 37.5 Å². The number of hydrogen-bond acceptors (Lipinski definition) is 5. The first-order chi connectivity index (χ1) is 16.3. The maximum Gasteiger partial charge on any atom is 0.337 e. The van der Waals surface area contributed by atoms with Crippen molar-refractivity contribution in [2.75, 3.05) is 13.2 Å². The van der Waals surface area contributed by atoms with E-state index in [-0.39, 0.29) is 28.8 Å². The molecule has 0 radical (unpaired) electrons. The highest BCUT2D eigenvalue weighted by Gasteiger charge is 2.60. The van der Waals surface area contributed by atoms with E-state index >= 15 is 0 Å². The van der Waals surface area contributed by atoms with Gasteiger partial charge in [0.05, 0.1) is 31.1 Å². The SMILES string of the molecule is C=C1CCC2C(C)(CC[C@H]3O[C@H](C4CCCC4)OC[C@@]23C)[C@@H]1CCOc1cncc(C(=O)O)c1. The molecular weight excluding hydrogens is 430 g/mol. The number of fused-ring (bicyclic) bond motifs is 3. The number of aromatic carboxylic acids is 1. The molecule has 1 aromatic heterocycles. The number of carbonyl (C=O) groups is 1. The number of hydrogen-bond donors (Lipinski definition) is 1. The molecule has 6 nitrogen and oxygen atoms in total. The lowest BCUT2D eigenvalue weighted by molar-refractivity contribution is -0.316. The van der Waals surface area contributed by atoms with Crippen LogP contribution in [0.25, 0.3) is 0 Å². The summed E-state index contributed by atoms with van der Waals surface area (Å²) in [6.07, 6.45) is 13.5. The number of carboxylic acids is 1. The maximum atomic E-state index is 11.2. The minimum Gasteiger partial charge on any atom is -0.492 e. The van der Waals surface area contributed by atoms with Gasteiger partial charge in [0.2, 0.25) is 0 Å². The maximum absolute atomic E-state index is 11.2. The Morgan fingerprint density at radius 1 is 1.21 bits per heavy atom. The zero-order valence-electron chi connectivity index (χ0n) is 20.6. The molecule has 186 valence electrons. The smallest absolute Gasteiger partial charge is 0.337 e. The van der Waals surface area contributed by atoms with E-state index in [4.69, 9.17) is 14.2 Å². The largest absolute Gasteiger partial charge is 0.492 e. The molecule has 0 bridgehead atoms. The fourth-order valence-corrected chi connectivity index (χ4v) is 7.77. The summed E-state index contributed by atoms with van der Waals surface area (Å²) in [7, 11) is 0. The van der Waals surface area contributed by atoms with Crippen molar-refractivity contribution in [3.8, 4) is 5.75 Å². The lowest BCUT2D eigenvalue weighted by Gasteiger charge is -2.63. The van der Waals surface area contributed by atoms with E-state index in [1.807, 2.05) is 0 Å². The van der Waals surface area contributed by atoms with Crippen LogP contribution in [0.1, 0.15) is 82.0 Å². The predicted octanol–water partition coefficient (Wildman–Crippen LogP) is 5.87. The van der Waals surface area contributed by atoms with Crippen molar-refractivity contribution in [2.45, 2.75) is 84.0 Å². The Kier molecular flexibility index (Phi) is 6.49. The molecule has 3 saturated carbocycles. The predicted molar refractivity (Wildman–Crippen MR) is 129 cm³/mol. The van der Waals surface area contributed by atoms with Crippen LogP contribution in [0.3, 0.4) is 0 Å². The topological polar surface area (TPSA) is 77.9 Å². The third-order valence-corrected chi connectivity index (χ3v) is 9.59. The van der Waals surface area contributed by atoms with Gasteiger partial charge in [-0.2, -0.15) is 0 Å². The highest BCUT2D eigenvalue weighted by molar-refractivity contribution is 5.87. The summed E-state index contributed by atoms with van der Waals surface area (Å²) in [6.45, 7) is 10.6. The van der Waals surface area contributed by atoms with Crippen molar-refractivity contribution in [1.29, 1.82) is 0 Å². The number of pyridine rings is 1. The van der Waals surface area contributed by atoms with E-state index < -0.39 is 5.97 Å². The van der Waals surface area contributed by atoms with Crippen LogP contribution in [0.4, 0.5) is 0 Å². The zero-order chi connectivity index (χ0) is 23.9. The van der Waals surface area contributed by atoms with Crippen molar-refractivity contribution in [1.82, 2.24) is 4.98 Å². The second-order valence-electron chi connectivity index (χ2n) is 11.6. The van der Waals surface area contributed by atoms with E-state index in [0.29, 0.717) is 30.1 Å². The molecule has 5 rings (SSSR count). The Bertz CT molecular complexity index is 927. The molecule has 0 aromatic carbocycles. The highest BCUT2D eigenvalue weighted by atomic mass is 16.7. The molecule has 4 fully saturated rings. The van der Waals surface area contributed by atoms with Crippen LogP contribution in [0.15, 0.2) is 30.6 Å². The first-order valence-corrected chi connectivity index (χ1v) is 13.1. The molecule has 1 saturated heterocycles. The molecule has 0 amide bonds. The van der Waals surface area contributed by atoms with Gasteiger partial charge in [-0.25, -0.2) is 4.79 Å². The van der Waals surface area contributed by atoms with E-state index in [2.05, 4.69) is 25.4 Å². The molecule has 0 spiro atoms. The number of carboxylic acid groups (broad SMARTS) is 1. The number of aromatic nitrogens is 1. The van der Waals surface area contributed by atoms with Gasteiger partial charge in [-0.15, -0.1) is 0 Å². The van der Waals surface area contributed by atoms with E-state index in [0.717, 1.165) is 38.7 Å². The van der Waals surface area contributed by atoms with Crippen molar-refractivity contribution in [3.63, 3.8) is 0 Å². The van der Waals surface area contributed by atoms with Crippen LogP contribution in [-0.4, -0.2) is 41.7 Å². The molecule has 6 atom stereocenters. The number of nitrogens with zero attached hydrogens (tertiary/aromatic N) is 1. The van der Waals surface area contributed by atoms with Gasteiger partial charge in [0.25, 0.3) is 0 Å². The number of ether oxygens (including phenoxy) is 3. The van der Waals surface area contributed by atoms with Gasteiger partial charge >= 0.3 is 5.97 Å². The average Bonchev–Trinajstić information content (AvgIpc) is 3.35. The van der Waals surface area contributed by atoms with Gasteiger partial charge < -0.3 is 19.3 Å². The Balaban J connectivity index is 1.27. The Morgan fingerprint density at radius 3 is 2.76 bits per heavy atom. The molecule has 1 aromatic rings. The molecule has 1 N–H and O–H groups in total. The van der Waals surface area contributed by atoms with E-state index in [9.17, 15) is 9.90 Å². The fourth-order valence-electron chi connectivity index (χ4n) is 7.77. The standard InChI is InChI=1S/C28H39NO5/c1-18-8-9-23-27(2,22(18)11-13-32-21-14-20(25(30)31)15-29-16-21)12-10-24-28(23,3)17-33-26(34-24)19-6-4-5-7-19/h14-16,19,22-24,26H,1,4-13,17H2,2-3H3,(H,30,31)/t22-,23?,24-,26-,27?,28+/m1/s1. The number of allylic oxidation sites excluding steroid dienone is 1. The van der Waals surface area contributed by atoms with Crippen molar-refractivity contribution in [2.24, 2.45) is 28.6 Å². The first-order valence-electron chi connectivity index (χ1n) is 13.1. The van der Waals surface area contributed by atoms with Crippen LogP contribution in [0, 0.1) is 28.6 Å². The molecule has 6 heteroatoms. The lowest BCUT2D eigenvalue weighted by atomic mass is 9.46. The van der Waals surface area contributed by atoms with Gasteiger partial charge in [0, 0.05) is 17.5 Å². The van der Waals surface area contributed by atoms with Crippen LogP contribution in [-0.2, 0) is 9.47 Å². The second-order valence-corrected chi connectivity index (χ2v) is 11.6. The molecular formula is C28H39NO5. The van der Waals surface area contributed by atoms with Crippen LogP contribution in [0.2, 0.25) is 0 Å². The third kappa shape index (κ3) is 4.17. The highest BCUT2D eigenvalue weighted by Crippen LogP contribution is 2.63. The van der Waals surface area contributed by atoms with Crippen molar-refractivity contribution >= 4 is 5.97 Å². The molecule has 2 unspecified atom stereocenters. The average molecular weight is 470 g/mol. The van der Waals surface area contributed by atoms with Crippen molar-refractivity contribution in [3.05, 3.63) is 36.2 Å². The lowest BCUT2D eigenvalue weighted by Crippen LogP contribution is -2.62. The Morgan fingerprint density at radius 2 is 2.00 bits per heavy atom. The summed E-state index contributed by atoms with van der Waals surface area (Å²) in [5.41, 5.74) is 1.63. The molecule has 34 heavy (non-hydrogen) atoms. The van der Waals surface area contributed by atoms with Crippen LogP contribution < -0.4 is 4.74 Å². The minimum absolute atomic E-state index is 0.0112. The summed E-state index contributed by atoms with van der Waals surface area (Å²) < 4.78 is 19.1. The van der Waals surface area contributed by atoms with Gasteiger partial charge in [-0.3, -0.25) is 4.98 Å². The van der Waals surface area contributed by atoms with Gasteiger partial charge in [0.1, 0.15) is 5.75 Å². The zero-order valence-corrected chi connectivity index (χ0v) is 20.6. The van der Waals surface area contributed by atoms with Gasteiger partial charge in [0.15, 0.2) is 6.29 Å². The molecule has 1 aliphatic heterocycles. The number of rotatable bonds is 6. The fraction of sp³-hybridized carbons (Fsp3) is 0.714. The Labute approximate surface area is 203 Å². The normalized spacial score (nSPS) is 38.2. The van der Waals surface area contributed by atoms with E-state index in [1.54, 1.807) is 12.3 Å². The van der Waals surface area contributed by atoms with Gasteiger partial charge in [-0.1, -0.05) is 38.8 Å². The molecule has 2 heterocycles. The molecule has 3 aliphatic carbocycles. The first kappa shape index (κ1) is 23.8. The van der Waals surface area contributed by atoms with Crippen LogP contribution in [0.5, 0.6) is 5.75 Å². The summed E-state index contributed by atoms with van der Waals surface area (Å²) in [6, 6.07) is 1.54. The summed E-state index contributed by atoms with van der Waals surface area (Å²) >= 11 is 0. The summed E-state index contributed by atoms with van der Waals surface area (Å²) in [5.74, 6) is 0.975. The second kappa shape index (κ2) is 9.27. The van der Waals surface area contributed by atoms with Gasteiger partial charge in [-0.05, 0) is 68.3 Å². The Hall–Kier alpha value is -1.92. The van der Waals surface area contributed by atoms with Crippen LogP contribution >= 0.6 is 0 Å². The third-order valence-electron chi connectivity index (χ3n) is 9.59.